The number of nitrogens with one attached hydrogen (secondary N) is 1. The Balaban J connectivity index is 0.899. The van der Waals surface area contributed by atoms with Crippen molar-refractivity contribution in [3.63, 3.8) is 0 Å². The predicted octanol–water partition coefficient (Wildman–Crippen LogP) is 4.71. The highest BCUT2D eigenvalue weighted by Crippen LogP contribution is 2.31. The molecule has 0 saturated carbocycles. The molecular formula is C42H50N4O8S3. The average molecular weight is 835 g/mol. The molecule has 7 rings (SSSR count). The maximum atomic E-state index is 13.7. The average Bonchev–Trinajstić information content (AvgIpc) is 3.20. The maximum absolute atomic E-state index is 13.7. The third-order valence-electron chi connectivity index (χ3n) is 11.2. The Kier molecular flexibility index (Phi) is 12.4. The normalized spacial score (nSPS) is 20.4. The van der Waals surface area contributed by atoms with Gasteiger partial charge in [0.15, 0.2) is 19.7 Å². The number of hydrogen-bond donors (Lipinski definition) is 1. The van der Waals surface area contributed by atoms with Crippen molar-refractivity contribution in [3.8, 4) is 0 Å². The van der Waals surface area contributed by atoms with Crippen LogP contribution in [-0.4, -0.2) is 104 Å². The number of carbonyl (C=O) groups is 1. The zero-order valence-electron chi connectivity index (χ0n) is 32.0. The highest BCUT2D eigenvalue weighted by atomic mass is 32.2. The molecule has 4 aromatic carbocycles. The van der Waals surface area contributed by atoms with Crippen LogP contribution < -0.4 is 15.1 Å². The summed E-state index contributed by atoms with van der Waals surface area (Å²) >= 11 is 0. The van der Waals surface area contributed by atoms with E-state index in [0.717, 1.165) is 36.3 Å². The van der Waals surface area contributed by atoms with Crippen LogP contribution in [0.25, 0.3) is 0 Å². The van der Waals surface area contributed by atoms with Gasteiger partial charge in [0.05, 0.1) is 37.9 Å². The number of morpholine rings is 1. The summed E-state index contributed by atoms with van der Waals surface area (Å²) in [4.78, 5) is 17.4. The summed E-state index contributed by atoms with van der Waals surface area (Å²) in [7, 11) is -11.2. The van der Waals surface area contributed by atoms with Crippen LogP contribution in [0, 0.1) is 0 Å². The monoisotopic (exact) mass is 834 g/mol. The Bertz CT molecular complexity index is 2320. The lowest BCUT2D eigenvalue weighted by Gasteiger charge is -2.37. The van der Waals surface area contributed by atoms with Gasteiger partial charge in [-0.1, -0.05) is 48.5 Å². The topological polar surface area (TPSA) is 150 Å². The number of hydrogen-bond acceptors (Lipinski definition) is 10. The molecule has 0 aromatic heterocycles. The fourth-order valence-electron chi connectivity index (χ4n) is 7.78. The zero-order chi connectivity index (χ0) is 40.2. The van der Waals surface area contributed by atoms with E-state index in [1.165, 1.54) is 28.6 Å². The van der Waals surface area contributed by atoms with Gasteiger partial charge in [0, 0.05) is 63.1 Å². The number of aryl methyl sites for hydroxylation is 1. The van der Waals surface area contributed by atoms with Crippen molar-refractivity contribution in [2.24, 2.45) is 0 Å². The Morgan fingerprint density at radius 3 is 1.96 bits per heavy atom. The summed E-state index contributed by atoms with van der Waals surface area (Å²) in [6, 6.07) is 31.5. The minimum Gasteiger partial charge on any atom is -0.374 e. The molecule has 3 aliphatic rings. The smallest absolute Gasteiger partial charge is 0.243 e. The van der Waals surface area contributed by atoms with Gasteiger partial charge in [0.2, 0.25) is 15.9 Å². The van der Waals surface area contributed by atoms with Gasteiger partial charge in [-0.2, -0.15) is 4.31 Å². The first-order chi connectivity index (χ1) is 27.3. The molecule has 3 fully saturated rings. The Morgan fingerprint density at radius 1 is 0.719 bits per heavy atom. The molecule has 4 aromatic rings. The molecule has 15 heteroatoms. The number of ether oxygens (including phenoxy) is 1. The SMILES string of the molecule is CC(CC1CN(c2ccc(S(=O)(=O)N3CC(S(=O)(=O)c4ccccc4)C3)cc2)CCO1)S(=O)(=O)c1ccc(N2CCCC(NC(=O)CCc3ccccc3)C2)cc1. The number of rotatable bonds is 14. The lowest BCUT2D eigenvalue weighted by Crippen LogP contribution is -2.56. The van der Waals surface area contributed by atoms with E-state index < -0.39 is 40.2 Å². The summed E-state index contributed by atoms with van der Waals surface area (Å²) in [5.74, 6) is 0.0351. The number of nitrogens with zero attached hydrogens (tertiary/aromatic N) is 3. The molecule has 0 aliphatic carbocycles. The minimum atomic E-state index is -3.88. The largest absolute Gasteiger partial charge is 0.374 e. The molecule has 0 radical (unpaired) electrons. The third-order valence-corrected chi connectivity index (χ3v) is 17.4. The van der Waals surface area contributed by atoms with Crippen molar-refractivity contribution < 1.29 is 34.8 Å². The van der Waals surface area contributed by atoms with E-state index in [9.17, 15) is 30.0 Å². The maximum Gasteiger partial charge on any atom is 0.243 e. The summed E-state index contributed by atoms with van der Waals surface area (Å²) in [5, 5.41) is 1.68. The van der Waals surface area contributed by atoms with Crippen molar-refractivity contribution in [3.05, 3.63) is 115 Å². The molecule has 0 spiro atoms. The predicted molar refractivity (Wildman–Crippen MR) is 220 cm³/mol. The summed E-state index contributed by atoms with van der Waals surface area (Å²) in [6.45, 7) is 4.37. The highest BCUT2D eigenvalue weighted by Gasteiger charge is 2.44. The number of benzene rings is 4. The number of carbonyl (C=O) groups excluding carboxylic acids is 1. The van der Waals surface area contributed by atoms with Crippen molar-refractivity contribution in [2.45, 2.75) is 76.4 Å². The van der Waals surface area contributed by atoms with Crippen LogP contribution in [0.15, 0.2) is 124 Å². The second kappa shape index (κ2) is 17.3. The summed E-state index contributed by atoms with van der Waals surface area (Å²) in [6.07, 6.45) is 2.88. The van der Waals surface area contributed by atoms with Crippen molar-refractivity contribution >= 4 is 47.0 Å². The Hall–Kier alpha value is -4.28. The Morgan fingerprint density at radius 2 is 1.32 bits per heavy atom. The molecule has 304 valence electrons. The van der Waals surface area contributed by atoms with Gasteiger partial charge in [0.25, 0.3) is 0 Å². The number of piperidine rings is 1. The van der Waals surface area contributed by atoms with Gasteiger partial charge in [-0.25, -0.2) is 25.3 Å². The second-order valence-electron chi connectivity index (χ2n) is 15.2. The molecule has 3 aliphatic heterocycles. The first-order valence-corrected chi connectivity index (χ1v) is 24.0. The number of amides is 1. The molecular weight excluding hydrogens is 785 g/mol. The molecule has 3 atom stereocenters. The van der Waals surface area contributed by atoms with Gasteiger partial charge >= 0.3 is 0 Å². The molecule has 0 bridgehead atoms. The minimum absolute atomic E-state index is 0.0264. The van der Waals surface area contributed by atoms with E-state index in [4.69, 9.17) is 4.74 Å². The lowest BCUT2D eigenvalue weighted by molar-refractivity contribution is -0.121. The van der Waals surface area contributed by atoms with E-state index in [0.29, 0.717) is 39.1 Å². The summed E-state index contributed by atoms with van der Waals surface area (Å²) < 4.78 is 87.1. The highest BCUT2D eigenvalue weighted by molar-refractivity contribution is 7.93. The second-order valence-corrected chi connectivity index (χ2v) is 21.7. The van der Waals surface area contributed by atoms with Gasteiger partial charge in [-0.15, -0.1) is 0 Å². The van der Waals surface area contributed by atoms with Crippen LogP contribution in [0.3, 0.4) is 0 Å². The van der Waals surface area contributed by atoms with Crippen LogP contribution in [0.5, 0.6) is 0 Å². The van der Waals surface area contributed by atoms with Gasteiger partial charge in [0.1, 0.15) is 0 Å². The molecule has 3 heterocycles. The number of anilines is 2. The standard InChI is InChI=1S/C42H50N4O8S3/c1-32(55(48,49)39-19-15-35(16-20-39)44-24-8-11-34(28-44)43-42(47)23-14-33-9-4-2-5-10-33)27-37-29-45(25-26-54-37)36-17-21-40(22-18-36)57(52,53)46-30-41(31-46)56(50,51)38-12-6-3-7-13-38/h2-7,9-10,12-13,15-22,32,34,37,41H,8,11,14,23-31H2,1H3,(H,43,47). The number of sulfonamides is 1. The molecule has 1 amide bonds. The molecule has 57 heavy (non-hydrogen) atoms. The van der Waals surface area contributed by atoms with Crippen LogP contribution in [0.4, 0.5) is 11.4 Å². The van der Waals surface area contributed by atoms with Crippen LogP contribution >= 0.6 is 0 Å². The van der Waals surface area contributed by atoms with E-state index >= 15 is 0 Å². The van der Waals surface area contributed by atoms with Crippen molar-refractivity contribution in [1.82, 2.24) is 9.62 Å². The van der Waals surface area contributed by atoms with E-state index in [1.54, 1.807) is 49.4 Å². The molecule has 1 N–H and O–H groups in total. The van der Waals surface area contributed by atoms with Crippen LogP contribution in [0.1, 0.15) is 38.2 Å². The fraction of sp³-hybridized carbons (Fsp3) is 0.405. The van der Waals surface area contributed by atoms with Crippen molar-refractivity contribution in [1.29, 1.82) is 0 Å². The van der Waals surface area contributed by atoms with Gasteiger partial charge in [-0.3, -0.25) is 4.79 Å². The first kappa shape index (κ1) is 40.9. The quantitative estimate of drug-likeness (QED) is 0.189. The molecule has 3 unspecified atom stereocenters. The van der Waals surface area contributed by atoms with Crippen LogP contribution in [0.2, 0.25) is 0 Å². The Labute approximate surface area is 336 Å². The number of sulfone groups is 2. The zero-order valence-corrected chi connectivity index (χ0v) is 34.5. The molecule has 12 nitrogen and oxygen atoms in total. The van der Waals surface area contributed by atoms with Gasteiger partial charge < -0.3 is 19.9 Å². The summed E-state index contributed by atoms with van der Waals surface area (Å²) in [5.41, 5.74) is 2.84. The fourth-order valence-corrected chi connectivity index (χ4v) is 12.6. The van der Waals surface area contributed by atoms with Gasteiger partial charge in [-0.05, 0) is 98.8 Å². The molecule has 3 saturated heterocycles. The van der Waals surface area contributed by atoms with E-state index in [-0.39, 0.29) is 52.2 Å². The van der Waals surface area contributed by atoms with Crippen molar-refractivity contribution in [2.75, 3.05) is 55.7 Å². The van der Waals surface area contributed by atoms with Crippen LogP contribution in [-0.2, 0) is 45.7 Å². The first-order valence-electron chi connectivity index (χ1n) is 19.5. The third kappa shape index (κ3) is 9.38. The van der Waals surface area contributed by atoms with E-state index in [1.807, 2.05) is 42.5 Å². The van der Waals surface area contributed by atoms with E-state index in [2.05, 4.69) is 15.1 Å². The lowest BCUT2D eigenvalue weighted by atomic mass is 10.0.